The third-order valence-corrected chi connectivity index (χ3v) is 4.06. The lowest BCUT2D eigenvalue weighted by atomic mass is 10.0. The Morgan fingerprint density at radius 3 is 2.56 bits per heavy atom. The molecule has 0 radical (unpaired) electrons. The van der Waals surface area contributed by atoms with Crippen LogP contribution in [0.3, 0.4) is 0 Å². The van der Waals surface area contributed by atoms with Crippen molar-refractivity contribution in [2.45, 2.75) is 13.8 Å². The van der Waals surface area contributed by atoms with Gasteiger partial charge in [0.1, 0.15) is 17.9 Å². The molecule has 0 atom stereocenters. The molecule has 5 nitrogen and oxygen atoms in total. The second-order valence-electron chi connectivity index (χ2n) is 5.83. The molecule has 0 spiro atoms. The molecule has 0 aliphatic carbocycles. The number of aromatic nitrogens is 2. The monoisotopic (exact) mass is 336 g/mol. The number of esters is 1. The first kappa shape index (κ1) is 16.9. The summed E-state index contributed by atoms with van der Waals surface area (Å²) in [7, 11) is 0. The van der Waals surface area contributed by atoms with Crippen LogP contribution in [0.15, 0.2) is 54.7 Å². The minimum atomic E-state index is -0.496. The fourth-order valence-corrected chi connectivity index (χ4v) is 2.55. The number of hydrogen-bond acceptors (Lipinski definition) is 4. The highest BCUT2D eigenvalue weighted by Crippen LogP contribution is 2.26. The molecule has 0 unspecified atom stereocenters. The fourth-order valence-electron chi connectivity index (χ4n) is 2.55. The normalized spacial score (nSPS) is 10.7. The smallest absolute Gasteiger partial charge is 0.342 e. The SMILES string of the molecule is Cc1ccc(-c2nn(-c3ccccc3)cc2C(=O)OCCO)cc1C. The summed E-state index contributed by atoms with van der Waals surface area (Å²) in [5, 5.41) is 13.5. The number of rotatable bonds is 5. The van der Waals surface area contributed by atoms with Crippen molar-refractivity contribution in [2.24, 2.45) is 0 Å². The summed E-state index contributed by atoms with van der Waals surface area (Å²) in [4.78, 5) is 12.4. The quantitative estimate of drug-likeness (QED) is 0.726. The maximum absolute atomic E-state index is 12.4. The topological polar surface area (TPSA) is 64.4 Å². The molecule has 2 aromatic carbocycles. The Kier molecular flexibility index (Phi) is 4.95. The summed E-state index contributed by atoms with van der Waals surface area (Å²) in [5.41, 5.74) is 4.95. The van der Waals surface area contributed by atoms with E-state index in [0.29, 0.717) is 11.3 Å². The van der Waals surface area contributed by atoms with Crippen molar-refractivity contribution in [2.75, 3.05) is 13.2 Å². The van der Waals surface area contributed by atoms with Crippen LogP contribution in [-0.2, 0) is 4.74 Å². The molecular weight excluding hydrogens is 316 g/mol. The zero-order chi connectivity index (χ0) is 17.8. The van der Waals surface area contributed by atoms with E-state index in [4.69, 9.17) is 9.84 Å². The molecule has 3 aromatic rings. The van der Waals surface area contributed by atoms with Crippen LogP contribution in [-0.4, -0.2) is 34.1 Å². The summed E-state index contributed by atoms with van der Waals surface area (Å²) in [6, 6.07) is 15.5. The Balaban J connectivity index is 2.09. The average Bonchev–Trinajstić information content (AvgIpc) is 3.08. The number of aryl methyl sites for hydroxylation is 2. The first-order chi connectivity index (χ1) is 12.1. The number of benzene rings is 2. The van der Waals surface area contributed by atoms with E-state index in [2.05, 4.69) is 5.10 Å². The van der Waals surface area contributed by atoms with E-state index in [0.717, 1.165) is 16.8 Å². The van der Waals surface area contributed by atoms with Gasteiger partial charge >= 0.3 is 5.97 Å². The molecule has 25 heavy (non-hydrogen) atoms. The Bertz CT molecular complexity index is 885. The summed E-state index contributed by atoms with van der Waals surface area (Å²) in [6.45, 7) is 3.81. The van der Waals surface area contributed by atoms with Crippen LogP contribution in [0.1, 0.15) is 21.5 Å². The Morgan fingerprint density at radius 2 is 1.88 bits per heavy atom. The Morgan fingerprint density at radius 1 is 1.12 bits per heavy atom. The standard InChI is InChI=1S/C20H20N2O3/c1-14-8-9-16(12-15(14)2)19-18(20(24)25-11-10-23)13-22(21-19)17-6-4-3-5-7-17/h3-9,12-13,23H,10-11H2,1-2H3. The number of para-hydroxylation sites is 1. The lowest BCUT2D eigenvalue weighted by Gasteiger charge is -2.05. The van der Waals surface area contributed by atoms with Crippen molar-refractivity contribution in [3.63, 3.8) is 0 Å². The zero-order valence-corrected chi connectivity index (χ0v) is 14.3. The van der Waals surface area contributed by atoms with Crippen LogP contribution < -0.4 is 0 Å². The molecule has 5 heteroatoms. The van der Waals surface area contributed by atoms with Gasteiger partial charge in [-0.1, -0.05) is 30.3 Å². The van der Waals surface area contributed by atoms with Crippen LogP contribution in [0.25, 0.3) is 16.9 Å². The molecule has 0 aliphatic heterocycles. The molecule has 1 heterocycles. The van der Waals surface area contributed by atoms with E-state index < -0.39 is 5.97 Å². The second kappa shape index (κ2) is 7.32. The summed E-state index contributed by atoms with van der Waals surface area (Å²) in [6.07, 6.45) is 1.67. The Labute approximate surface area is 146 Å². The van der Waals surface area contributed by atoms with Gasteiger partial charge in [0.25, 0.3) is 0 Å². The maximum Gasteiger partial charge on any atom is 0.342 e. The van der Waals surface area contributed by atoms with E-state index in [9.17, 15) is 4.79 Å². The summed E-state index contributed by atoms with van der Waals surface area (Å²) < 4.78 is 6.77. The number of hydrogen-bond donors (Lipinski definition) is 1. The number of nitrogens with zero attached hydrogens (tertiary/aromatic N) is 2. The van der Waals surface area contributed by atoms with E-state index >= 15 is 0 Å². The van der Waals surface area contributed by atoms with E-state index in [1.165, 1.54) is 5.56 Å². The molecule has 0 aliphatic rings. The largest absolute Gasteiger partial charge is 0.460 e. The number of ether oxygens (including phenoxy) is 1. The lowest BCUT2D eigenvalue weighted by Crippen LogP contribution is -2.09. The van der Waals surface area contributed by atoms with Crippen LogP contribution >= 0.6 is 0 Å². The van der Waals surface area contributed by atoms with Gasteiger partial charge in [-0.05, 0) is 43.2 Å². The van der Waals surface area contributed by atoms with Crippen molar-refractivity contribution < 1.29 is 14.6 Å². The van der Waals surface area contributed by atoms with Gasteiger partial charge in [0.15, 0.2) is 0 Å². The third-order valence-electron chi connectivity index (χ3n) is 4.06. The van der Waals surface area contributed by atoms with Gasteiger partial charge in [0.2, 0.25) is 0 Å². The highest BCUT2D eigenvalue weighted by Gasteiger charge is 2.20. The molecule has 0 saturated carbocycles. The molecule has 0 amide bonds. The maximum atomic E-state index is 12.4. The third kappa shape index (κ3) is 3.61. The average molecular weight is 336 g/mol. The first-order valence-corrected chi connectivity index (χ1v) is 8.11. The number of aliphatic hydroxyl groups excluding tert-OH is 1. The van der Waals surface area contributed by atoms with Crippen molar-refractivity contribution >= 4 is 5.97 Å². The fraction of sp³-hybridized carbons (Fsp3) is 0.200. The van der Waals surface area contributed by atoms with Crippen LogP contribution in [0.4, 0.5) is 0 Å². The predicted molar refractivity (Wildman–Crippen MR) is 95.8 cm³/mol. The molecule has 1 aromatic heterocycles. The highest BCUT2D eigenvalue weighted by molar-refractivity contribution is 5.96. The molecule has 3 rings (SSSR count). The zero-order valence-electron chi connectivity index (χ0n) is 14.3. The lowest BCUT2D eigenvalue weighted by molar-refractivity contribution is 0.0434. The van der Waals surface area contributed by atoms with Gasteiger partial charge in [-0.2, -0.15) is 5.10 Å². The first-order valence-electron chi connectivity index (χ1n) is 8.11. The van der Waals surface area contributed by atoms with Crippen LogP contribution in [0.2, 0.25) is 0 Å². The minimum Gasteiger partial charge on any atom is -0.460 e. The van der Waals surface area contributed by atoms with Crippen LogP contribution in [0, 0.1) is 13.8 Å². The van der Waals surface area contributed by atoms with Crippen LogP contribution in [0.5, 0.6) is 0 Å². The molecule has 0 saturated heterocycles. The summed E-state index contributed by atoms with van der Waals surface area (Å²) in [5.74, 6) is -0.496. The molecular formula is C20H20N2O3. The van der Waals surface area contributed by atoms with Crippen molar-refractivity contribution in [1.29, 1.82) is 0 Å². The predicted octanol–water partition coefficient (Wildman–Crippen LogP) is 3.31. The van der Waals surface area contributed by atoms with Gasteiger partial charge in [-0.25, -0.2) is 9.48 Å². The van der Waals surface area contributed by atoms with E-state index in [1.54, 1.807) is 10.9 Å². The molecule has 1 N–H and O–H groups in total. The van der Waals surface area contributed by atoms with Gasteiger partial charge in [-0.3, -0.25) is 0 Å². The molecule has 128 valence electrons. The second-order valence-corrected chi connectivity index (χ2v) is 5.83. The highest BCUT2D eigenvalue weighted by atomic mass is 16.5. The Hall–Kier alpha value is -2.92. The number of carbonyl (C=O) groups is 1. The summed E-state index contributed by atoms with van der Waals surface area (Å²) >= 11 is 0. The van der Waals surface area contributed by atoms with Gasteiger partial charge in [0, 0.05) is 11.8 Å². The van der Waals surface area contributed by atoms with Gasteiger partial charge < -0.3 is 9.84 Å². The van der Waals surface area contributed by atoms with Crippen molar-refractivity contribution in [3.05, 3.63) is 71.4 Å². The minimum absolute atomic E-state index is 0.0400. The van der Waals surface area contributed by atoms with E-state index in [1.807, 2.05) is 62.4 Å². The molecule has 0 fully saturated rings. The van der Waals surface area contributed by atoms with Gasteiger partial charge in [0.05, 0.1) is 12.3 Å². The van der Waals surface area contributed by atoms with Crippen molar-refractivity contribution in [3.8, 4) is 16.9 Å². The molecule has 0 bridgehead atoms. The number of aliphatic hydroxyl groups is 1. The number of carbonyl (C=O) groups excluding carboxylic acids is 1. The van der Waals surface area contributed by atoms with Gasteiger partial charge in [-0.15, -0.1) is 0 Å². The van der Waals surface area contributed by atoms with E-state index in [-0.39, 0.29) is 13.2 Å². The van der Waals surface area contributed by atoms with Crippen molar-refractivity contribution in [1.82, 2.24) is 9.78 Å².